The molecule has 0 aromatic carbocycles. The van der Waals surface area contributed by atoms with Gasteiger partial charge in [-0.2, -0.15) is 0 Å². The maximum absolute atomic E-state index is 11.7. The van der Waals surface area contributed by atoms with Crippen LogP contribution in [0.25, 0.3) is 0 Å². The second-order valence-electron chi connectivity index (χ2n) is 4.33. The Balaban J connectivity index is 1.93. The Hall–Kier alpha value is -0.940. The Morgan fingerprint density at radius 2 is 2.38 bits per heavy atom. The second kappa shape index (κ2) is 4.51. The highest BCUT2D eigenvalue weighted by atomic mass is 79.9. The summed E-state index contributed by atoms with van der Waals surface area (Å²) in [5.74, 6) is -0.144. The molecule has 2 heterocycles. The first-order chi connectivity index (χ1) is 7.59. The van der Waals surface area contributed by atoms with Gasteiger partial charge in [-0.1, -0.05) is 13.0 Å². The molecule has 1 aliphatic heterocycles. The van der Waals surface area contributed by atoms with Crippen LogP contribution in [0.3, 0.4) is 0 Å². The van der Waals surface area contributed by atoms with Gasteiger partial charge in [-0.15, -0.1) is 0 Å². The van der Waals surface area contributed by atoms with Gasteiger partial charge < -0.3 is 10.1 Å². The molecule has 2 rings (SSSR count). The monoisotopic (exact) mass is 284 g/mol. The average molecular weight is 285 g/mol. The van der Waals surface area contributed by atoms with E-state index in [0.717, 1.165) is 0 Å². The summed E-state index contributed by atoms with van der Waals surface area (Å²) in [6.45, 7) is 4.13. The first-order valence-corrected chi connectivity index (χ1v) is 5.87. The zero-order chi connectivity index (χ0) is 11.6. The summed E-state index contributed by atoms with van der Waals surface area (Å²) in [6.07, 6.45) is 0. The zero-order valence-electron chi connectivity index (χ0n) is 9.00. The summed E-state index contributed by atoms with van der Waals surface area (Å²) >= 11 is 3.23. The number of hydrogen-bond donors (Lipinski definition) is 1. The maximum atomic E-state index is 11.7. The number of nitrogens with zero attached hydrogens (tertiary/aromatic N) is 1. The van der Waals surface area contributed by atoms with E-state index in [0.29, 0.717) is 30.1 Å². The third kappa shape index (κ3) is 2.59. The Bertz CT molecular complexity index is 405. The highest BCUT2D eigenvalue weighted by Gasteiger charge is 2.33. The van der Waals surface area contributed by atoms with E-state index < -0.39 is 0 Å². The lowest BCUT2D eigenvalue weighted by Gasteiger charge is -2.37. The molecule has 4 nitrogen and oxygen atoms in total. The number of carbonyl (C=O) groups excluding carboxylic acids is 1. The first kappa shape index (κ1) is 11.5. The van der Waals surface area contributed by atoms with Gasteiger partial charge in [0.05, 0.1) is 13.2 Å². The van der Waals surface area contributed by atoms with Crippen molar-refractivity contribution in [3.05, 3.63) is 28.5 Å². The van der Waals surface area contributed by atoms with Gasteiger partial charge in [0.1, 0.15) is 10.3 Å². The van der Waals surface area contributed by atoms with Crippen molar-refractivity contribution in [1.29, 1.82) is 0 Å². The molecule has 0 saturated carbocycles. The van der Waals surface area contributed by atoms with Crippen LogP contribution in [0.2, 0.25) is 0 Å². The standard InChI is InChI=1S/C11H13BrN2O2/c1-11(6-16-7-11)5-13-10(15)8-3-2-4-9(12)14-8/h2-4H,5-7H2,1H3,(H,13,15). The summed E-state index contributed by atoms with van der Waals surface area (Å²) in [4.78, 5) is 15.8. The second-order valence-corrected chi connectivity index (χ2v) is 5.14. The number of carbonyl (C=O) groups is 1. The van der Waals surface area contributed by atoms with E-state index in [-0.39, 0.29) is 11.3 Å². The third-order valence-corrected chi connectivity index (χ3v) is 2.97. The van der Waals surface area contributed by atoms with E-state index in [1.54, 1.807) is 18.2 Å². The van der Waals surface area contributed by atoms with Crippen molar-refractivity contribution < 1.29 is 9.53 Å². The molecule has 16 heavy (non-hydrogen) atoms. The van der Waals surface area contributed by atoms with Crippen LogP contribution in [0.15, 0.2) is 22.8 Å². The number of rotatable bonds is 3. The number of ether oxygens (including phenoxy) is 1. The molecular weight excluding hydrogens is 272 g/mol. The molecule has 0 bridgehead atoms. The van der Waals surface area contributed by atoms with Crippen LogP contribution in [-0.2, 0) is 4.74 Å². The van der Waals surface area contributed by atoms with Crippen molar-refractivity contribution >= 4 is 21.8 Å². The Labute approximate surface area is 103 Å². The molecule has 0 aliphatic carbocycles. The lowest BCUT2D eigenvalue weighted by molar-refractivity contribution is -0.0978. The van der Waals surface area contributed by atoms with E-state index in [4.69, 9.17) is 4.74 Å². The van der Waals surface area contributed by atoms with E-state index in [2.05, 4.69) is 33.2 Å². The van der Waals surface area contributed by atoms with Gasteiger partial charge in [-0.3, -0.25) is 4.79 Å². The fourth-order valence-electron chi connectivity index (χ4n) is 1.47. The van der Waals surface area contributed by atoms with Crippen LogP contribution >= 0.6 is 15.9 Å². The Kier molecular flexibility index (Phi) is 3.25. The van der Waals surface area contributed by atoms with E-state index in [1.165, 1.54) is 0 Å². The molecule has 0 radical (unpaired) electrons. The molecule has 1 saturated heterocycles. The van der Waals surface area contributed by atoms with Gasteiger partial charge in [0.2, 0.25) is 0 Å². The molecule has 1 aromatic rings. The first-order valence-electron chi connectivity index (χ1n) is 5.08. The van der Waals surface area contributed by atoms with E-state index >= 15 is 0 Å². The van der Waals surface area contributed by atoms with Crippen LogP contribution in [0.5, 0.6) is 0 Å². The number of amides is 1. The Morgan fingerprint density at radius 1 is 1.62 bits per heavy atom. The molecule has 86 valence electrons. The van der Waals surface area contributed by atoms with Crippen LogP contribution in [0, 0.1) is 5.41 Å². The smallest absolute Gasteiger partial charge is 0.269 e. The molecular formula is C11H13BrN2O2. The predicted octanol–water partition coefficient (Wildman–Crippen LogP) is 1.61. The number of hydrogen-bond acceptors (Lipinski definition) is 3. The van der Waals surface area contributed by atoms with Gasteiger partial charge in [-0.05, 0) is 28.1 Å². The van der Waals surface area contributed by atoms with Gasteiger partial charge in [0, 0.05) is 12.0 Å². The molecule has 1 fully saturated rings. The molecule has 5 heteroatoms. The Morgan fingerprint density at radius 3 is 2.94 bits per heavy atom. The lowest BCUT2D eigenvalue weighted by Crippen LogP contribution is -2.48. The highest BCUT2D eigenvalue weighted by molar-refractivity contribution is 9.10. The number of nitrogens with one attached hydrogen (secondary N) is 1. The van der Waals surface area contributed by atoms with E-state index in [9.17, 15) is 4.79 Å². The van der Waals surface area contributed by atoms with Gasteiger partial charge in [0.15, 0.2) is 0 Å². The average Bonchev–Trinajstić information content (AvgIpc) is 2.23. The molecule has 1 aliphatic rings. The lowest BCUT2D eigenvalue weighted by atomic mass is 9.89. The van der Waals surface area contributed by atoms with Crippen molar-refractivity contribution in [2.24, 2.45) is 5.41 Å². The normalized spacial score (nSPS) is 17.6. The van der Waals surface area contributed by atoms with Gasteiger partial charge in [0.25, 0.3) is 5.91 Å². The quantitative estimate of drug-likeness (QED) is 0.858. The minimum atomic E-state index is -0.144. The van der Waals surface area contributed by atoms with Crippen LogP contribution in [0.4, 0.5) is 0 Å². The zero-order valence-corrected chi connectivity index (χ0v) is 10.6. The van der Waals surface area contributed by atoms with Crippen LogP contribution in [-0.4, -0.2) is 30.6 Å². The summed E-state index contributed by atoms with van der Waals surface area (Å²) in [5.41, 5.74) is 0.514. The third-order valence-electron chi connectivity index (χ3n) is 2.52. The SMILES string of the molecule is CC1(CNC(=O)c2cccc(Br)n2)COC1. The molecule has 0 atom stereocenters. The van der Waals surface area contributed by atoms with Crippen molar-refractivity contribution in [3.63, 3.8) is 0 Å². The van der Waals surface area contributed by atoms with Crippen LogP contribution < -0.4 is 5.32 Å². The van der Waals surface area contributed by atoms with Crippen molar-refractivity contribution in [3.8, 4) is 0 Å². The predicted molar refractivity (Wildman–Crippen MR) is 63.2 cm³/mol. The minimum absolute atomic E-state index is 0.0850. The van der Waals surface area contributed by atoms with Crippen molar-refractivity contribution in [2.75, 3.05) is 19.8 Å². The summed E-state index contributed by atoms with van der Waals surface area (Å²) in [6, 6.07) is 5.28. The van der Waals surface area contributed by atoms with Crippen molar-refractivity contribution in [1.82, 2.24) is 10.3 Å². The minimum Gasteiger partial charge on any atom is -0.380 e. The highest BCUT2D eigenvalue weighted by Crippen LogP contribution is 2.25. The topological polar surface area (TPSA) is 51.2 Å². The number of halogens is 1. The van der Waals surface area contributed by atoms with Crippen LogP contribution in [0.1, 0.15) is 17.4 Å². The fourth-order valence-corrected chi connectivity index (χ4v) is 1.82. The largest absolute Gasteiger partial charge is 0.380 e. The summed E-state index contributed by atoms with van der Waals surface area (Å²) < 4.78 is 5.79. The molecule has 1 amide bonds. The molecule has 0 unspecified atom stereocenters. The fraction of sp³-hybridized carbons (Fsp3) is 0.455. The summed E-state index contributed by atoms with van der Waals surface area (Å²) in [5, 5.41) is 2.87. The summed E-state index contributed by atoms with van der Waals surface area (Å²) in [7, 11) is 0. The number of aromatic nitrogens is 1. The van der Waals surface area contributed by atoms with E-state index in [1.807, 2.05) is 0 Å². The maximum Gasteiger partial charge on any atom is 0.269 e. The van der Waals surface area contributed by atoms with Crippen molar-refractivity contribution in [2.45, 2.75) is 6.92 Å². The number of pyridine rings is 1. The molecule has 1 N–H and O–H groups in total. The molecule has 0 spiro atoms. The van der Waals surface area contributed by atoms with Gasteiger partial charge in [-0.25, -0.2) is 4.98 Å². The molecule has 1 aromatic heterocycles. The van der Waals surface area contributed by atoms with Gasteiger partial charge >= 0.3 is 0 Å².